The van der Waals surface area contributed by atoms with Crippen LogP contribution in [-0.4, -0.2) is 69.2 Å². The minimum atomic E-state index is -0.823. The molecule has 35 heavy (non-hydrogen) atoms. The molecule has 3 N–H and O–H groups in total. The molecule has 10 nitrogen and oxygen atoms in total. The number of likely N-dealkylation sites (tertiary alicyclic amines) is 1. The number of ketones is 1. The molecule has 3 aliphatic rings. The number of alkyl halides is 1. The van der Waals surface area contributed by atoms with Crippen LogP contribution >= 0.6 is 11.6 Å². The van der Waals surface area contributed by atoms with Gasteiger partial charge in [0.05, 0.1) is 16.4 Å². The number of nitrogens with one attached hydrogen (secondary N) is 3. The van der Waals surface area contributed by atoms with Crippen LogP contribution in [0.3, 0.4) is 0 Å². The number of aromatic amines is 2. The van der Waals surface area contributed by atoms with Crippen molar-refractivity contribution in [2.45, 2.75) is 56.2 Å². The topological polar surface area (TPSA) is 141 Å². The van der Waals surface area contributed by atoms with Crippen molar-refractivity contribution < 1.29 is 19.1 Å². The molecule has 2 aromatic rings. The third-order valence-electron chi connectivity index (χ3n) is 7.47. The number of rotatable bonds is 4. The van der Waals surface area contributed by atoms with Gasteiger partial charge in [-0.15, -0.1) is 11.6 Å². The molecule has 186 valence electrons. The van der Waals surface area contributed by atoms with Crippen LogP contribution in [0.25, 0.3) is 11.0 Å². The number of benzene rings is 1. The Labute approximate surface area is 205 Å². The van der Waals surface area contributed by atoms with Gasteiger partial charge in [-0.2, -0.15) is 0 Å². The van der Waals surface area contributed by atoms with Crippen molar-refractivity contribution in [2.75, 3.05) is 13.2 Å². The summed E-state index contributed by atoms with van der Waals surface area (Å²) < 4.78 is 5.51. The lowest BCUT2D eigenvalue weighted by Gasteiger charge is -2.35. The predicted molar refractivity (Wildman–Crippen MR) is 127 cm³/mol. The molecule has 1 aliphatic carbocycles. The number of hydrogen-bond donors (Lipinski definition) is 3. The molecule has 3 heterocycles. The summed E-state index contributed by atoms with van der Waals surface area (Å²) in [6.45, 7) is 2.28. The number of hydrogen-bond acceptors (Lipinski definition) is 6. The van der Waals surface area contributed by atoms with Gasteiger partial charge in [-0.25, -0.2) is 0 Å². The van der Waals surface area contributed by atoms with Crippen molar-refractivity contribution in [1.29, 1.82) is 0 Å². The van der Waals surface area contributed by atoms with Gasteiger partial charge < -0.3 is 24.9 Å². The number of amides is 2. The second-order valence-corrected chi connectivity index (χ2v) is 10.4. The Kier molecular flexibility index (Phi) is 6.27. The van der Waals surface area contributed by atoms with Gasteiger partial charge in [-0.1, -0.05) is 19.8 Å². The van der Waals surface area contributed by atoms with Crippen LogP contribution < -0.4 is 16.4 Å². The smallest absolute Gasteiger partial charge is 0.314 e. The number of fused-ring (bicyclic) bond motifs is 2. The van der Waals surface area contributed by atoms with Crippen LogP contribution in [-0.2, 0) is 14.3 Å². The van der Waals surface area contributed by atoms with E-state index >= 15 is 0 Å². The van der Waals surface area contributed by atoms with Crippen LogP contribution in [0.15, 0.2) is 27.8 Å². The minimum absolute atomic E-state index is 0.0717. The van der Waals surface area contributed by atoms with Gasteiger partial charge in [0.25, 0.3) is 5.91 Å². The van der Waals surface area contributed by atoms with E-state index in [0.717, 1.165) is 25.7 Å². The Balaban J connectivity index is 1.43. The number of ether oxygens (including phenoxy) is 1. The van der Waals surface area contributed by atoms with E-state index in [4.69, 9.17) is 16.3 Å². The zero-order valence-electron chi connectivity index (χ0n) is 19.2. The lowest BCUT2D eigenvalue weighted by atomic mass is 9.78. The summed E-state index contributed by atoms with van der Waals surface area (Å²) in [5.74, 6) is -0.521. The standard InChI is InChI=1S/C24H27ClN4O6/c1-11-2-4-12(5-3-11)18(24(34)29-9-14(25)20-19(29)17(30)10-35-20)28-21(31)13-6-7-15-16(8-13)27-23(33)22(32)26-15/h6-8,11-12,14,18-20H,2-5,9-10H2,1H3,(H,26,32)(H,27,33)(H,28,31)/t11?,12?,14-,18?,19+,20+/m0/s1. The Bertz CT molecular complexity index is 1300. The first-order chi connectivity index (χ1) is 16.7. The fraction of sp³-hybridized carbons (Fsp3) is 0.542. The Morgan fingerprint density at radius 3 is 2.49 bits per heavy atom. The van der Waals surface area contributed by atoms with Gasteiger partial charge >= 0.3 is 11.1 Å². The number of carbonyl (C=O) groups excluding carboxylic acids is 3. The van der Waals surface area contributed by atoms with E-state index in [1.165, 1.54) is 23.1 Å². The second kappa shape index (κ2) is 9.23. The molecule has 2 amide bonds. The molecule has 2 saturated heterocycles. The van der Waals surface area contributed by atoms with Crippen molar-refractivity contribution >= 4 is 40.2 Å². The van der Waals surface area contributed by atoms with Crippen LogP contribution in [0.2, 0.25) is 0 Å². The summed E-state index contributed by atoms with van der Waals surface area (Å²) in [7, 11) is 0. The molecule has 0 radical (unpaired) electrons. The first-order valence-electron chi connectivity index (χ1n) is 11.9. The van der Waals surface area contributed by atoms with Crippen LogP contribution in [0, 0.1) is 11.8 Å². The molecule has 4 atom stereocenters. The van der Waals surface area contributed by atoms with Crippen molar-refractivity contribution in [3.05, 3.63) is 44.5 Å². The number of halogens is 1. The molecular formula is C24H27ClN4O6. The quantitative estimate of drug-likeness (QED) is 0.419. The van der Waals surface area contributed by atoms with Gasteiger partial charge in [0.15, 0.2) is 5.78 Å². The average Bonchev–Trinajstić information content (AvgIpc) is 3.38. The zero-order valence-corrected chi connectivity index (χ0v) is 20.0. The maximum absolute atomic E-state index is 13.8. The molecule has 11 heteroatoms. The fourth-order valence-electron chi connectivity index (χ4n) is 5.48. The summed E-state index contributed by atoms with van der Waals surface area (Å²) in [6, 6.07) is 2.96. The van der Waals surface area contributed by atoms with E-state index in [1.54, 1.807) is 0 Å². The number of nitrogens with zero attached hydrogens (tertiary/aromatic N) is 1. The van der Waals surface area contributed by atoms with Crippen LogP contribution in [0.1, 0.15) is 43.0 Å². The molecule has 1 aromatic heterocycles. The lowest BCUT2D eigenvalue weighted by molar-refractivity contribution is -0.139. The highest BCUT2D eigenvalue weighted by Gasteiger charge is 2.53. The first kappa shape index (κ1) is 23.7. The molecule has 3 fully saturated rings. The third-order valence-corrected chi connectivity index (χ3v) is 7.86. The second-order valence-electron chi connectivity index (χ2n) is 9.83. The highest BCUT2D eigenvalue weighted by molar-refractivity contribution is 6.22. The fourth-order valence-corrected chi connectivity index (χ4v) is 5.84. The molecule has 2 aliphatic heterocycles. The zero-order chi connectivity index (χ0) is 24.9. The van der Waals surface area contributed by atoms with Gasteiger partial charge in [-0.05, 0) is 42.9 Å². The Morgan fingerprint density at radius 2 is 1.77 bits per heavy atom. The van der Waals surface area contributed by atoms with E-state index in [0.29, 0.717) is 17.0 Å². The molecule has 1 unspecified atom stereocenters. The highest BCUT2D eigenvalue weighted by Crippen LogP contribution is 2.35. The molecule has 1 saturated carbocycles. The first-order valence-corrected chi connectivity index (χ1v) is 12.3. The van der Waals surface area contributed by atoms with Crippen molar-refractivity contribution in [1.82, 2.24) is 20.2 Å². The van der Waals surface area contributed by atoms with Gasteiger partial charge in [0.1, 0.15) is 24.8 Å². The molecule has 1 aromatic carbocycles. The van der Waals surface area contributed by atoms with Crippen molar-refractivity contribution in [3.8, 4) is 0 Å². The minimum Gasteiger partial charge on any atom is -0.366 e. The molecular weight excluding hydrogens is 476 g/mol. The van der Waals surface area contributed by atoms with Gasteiger partial charge in [0, 0.05) is 12.1 Å². The summed E-state index contributed by atoms with van der Waals surface area (Å²) in [6.07, 6.45) is 2.92. The maximum atomic E-state index is 13.8. The normalized spacial score (nSPS) is 29.3. The van der Waals surface area contributed by atoms with Crippen molar-refractivity contribution in [3.63, 3.8) is 0 Å². The third kappa shape index (κ3) is 4.40. The van der Waals surface area contributed by atoms with Gasteiger partial charge in [0.2, 0.25) is 5.91 Å². The van der Waals surface area contributed by atoms with Crippen LogP contribution in [0.4, 0.5) is 0 Å². The van der Waals surface area contributed by atoms with Crippen LogP contribution in [0.5, 0.6) is 0 Å². The summed E-state index contributed by atoms with van der Waals surface area (Å²) in [5, 5.41) is 2.42. The maximum Gasteiger partial charge on any atom is 0.314 e. The Hall–Kier alpha value is -2.98. The summed E-state index contributed by atoms with van der Waals surface area (Å²) >= 11 is 6.40. The lowest BCUT2D eigenvalue weighted by Crippen LogP contribution is -2.55. The molecule has 0 spiro atoms. The Morgan fingerprint density at radius 1 is 1.09 bits per heavy atom. The van der Waals surface area contributed by atoms with Gasteiger partial charge in [-0.3, -0.25) is 24.0 Å². The number of H-pyrrole nitrogens is 2. The largest absolute Gasteiger partial charge is 0.366 e. The van der Waals surface area contributed by atoms with Crippen molar-refractivity contribution in [2.24, 2.45) is 11.8 Å². The monoisotopic (exact) mass is 502 g/mol. The summed E-state index contributed by atoms with van der Waals surface area (Å²) in [5.41, 5.74) is -0.674. The van der Waals surface area contributed by atoms with E-state index in [1.807, 2.05) is 0 Å². The predicted octanol–water partition coefficient (Wildman–Crippen LogP) is 0.927. The van der Waals surface area contributed by atoms with E-state index in [-0.39, 0.29) is 36.3 Å². The highest BCUT2D eigenvalue weighted by atomic mass is 35.5. The summed E-state index contributed by atoms with van der Waals surface area (Å²) in [4.78, 5) is 69.2. The number of carbonyl (C=O) groups is 3. The van der Waals surface area contributed by atoms with E-state index < -0.39 is 40.6 Å². The number of aromatic nitrogens is 2. The number of Topliss-reactive ketones (excluding diaryl/α,β-unsaturated/α-hetero) is 1. The average molecular weight is 503 g/mol. The molecule has 0 bridgehead atoms. The SMILES string of the molecule is CC1CCC(C(NC(=O)c2ccc3[nH]c(=O)c(=O)[nH]c3c2)C(=O)N2C[C@H](Cl)[C@H]3OCC(=O)[C@H]32)CC1. The van der Waals surface area contributed by atoms with E-state index in [9.17, 15) is 24.0 Å². The van der Waals surface area contributed by atoms with E-state index in [2.05, 4.69) is 22.2 Å². The molecule has 5 rings (SSSR count).